The standard InChI is InChI=1S/C24H29N3O6S/c1-31-20-14-21(32-2)23(33-3)22-18(20)13-19(26-22)24(28)25-15-16-7-9-17(10-8-16)34(29,30)27-11-5-4-6-12-27/h7-10,13-14,26H,4-6,11-12,15H2,1-3H3,(H,25,28). The van der Waals surface area contributed by atoms with Gasteiger partial charge in [0.2, 0.25) is 10.0 Å². The van der Waals surface area contributed by atoms with E-state index in [-0.39, 0.29) is 17.3 Å². The molecule has 9 nitrogen and oxygen atoms in total. The Morgan fingerprint density at radius 1 is 0.971 bits per heavy atom. The van der Waals surface area contributed by atoms with Crippen LogP contribution in [0.1, 0.15) is 35.3 Å². The van der Waals surface area contributed by atoms with Crippen molar-refractivity contribution in [2.45, 2.75) is 30.7 Å². The summed E-state index contributed by atoms with van der Waals surface area (Å²) >= 11 is 0. The summed E-state index contributed by atoms with van der Waals surface area (Å²) in [6.45, 7) is 1.37. The first-order valence-corrected chi connectivity index (χ1v) is 12.5. The quantitative estimate of drug-likeness (QED) is 0.505. The molecular formula is C24H29N3O6S. The van der Waals surface area contributed by atoms with Crippen LogP contribution in [-0.4, -0.2) is 58.0 Å². The fourth-order valence-corrected chi connectivity index (χ4v) is 5.69. The molecule has 0 bridgehead atoms. The second-order valence-corrected chi connectivity index (χ2v) is 10.0. The number of carbonyl (C=O) groups is 1. The van der Waals surface area contributed by atoms with Gasteiger partial charge in [-0.1, -0.05) is 18.6 Å². The summed E-state index contributed by atoms with van der Waals surface area (Å²) in [5.74, 6) is 1.20. The third kappa shape index (κ3) is 4.55. The summed E-state index contributed by atoms with van der Waals surface area (Å²) in [4.78, 5) is 16.2. The summed E-state index contributed by atoms with van der Waals surface area (Å²) in [6, 6.07) is 10.0. The first-order valence-electron chi connectivity index (χ1n) is 11.1. The molecule has 10 heteroatoms. The molecule has 0 atom stereocenters. The predicted molar refractivity (Wildman–Crippen MR) is 128 cm³/mol. The third-order valence-electron chi connectivity index (χ3n) is 6.01. The van der Waals surface area contributed by atoms with Gasteiger partial charge in [-0.3, -0.25) is 4.79 Å². The minimum atomic E-state index is -3.48. The van der Waals surface area contributed by atoms with E-state index in [1.54, 1.807) is 47.8 Å². The number of benzene rings is 2. The van der Waals surface area contributed by atoms with Gasteiger partial charge in [0.1, 0.15) is 11.4 Å². The molecule has 1 saturated heterocycles. The van der Waals surface area contributed by atoms with E-state index in [9.17, 15) is 13.2 Å². The molecule has 1 aliphatic heterocycles. The highest BCUT2D eigenvalue weighted by molar-refractivity contribution is 7.89. The highest BCUT2D eigenvalue weighted by Crippen LogP contribution is 2.41. The molecule has 2 aromatic carbocycles. The fraction of sp³-hybridized carbons (Fsp3) is 0.375. The molecule has 182 valence electrons. The molecule has 3 aromatic rings. The number of piperidine rings is 1. The van der Waals surface area contributed by atoms with Crippen LogP contribution in [0.15, 0.2) is 41.3 Å². The Bertz CT molecular complexity index is 1280. The summed E-state index contributed by atoms with van der Waals surface area (Å²) in [7, 11) is 1.12. The van der Waals surface area contributed by atoms with Crippen LogP contribution in [0.5, 0.6) is 17.2 Å². The molecule has 0 aliphatic carbocycles. The zero-order chi connectivity index (χ0) is 24.3. The number of rotatable bonds is 8. The normalized spacial score (nSPS) is 14.7. The number of aromatic amines is 1. The number of carbonyl (C=O) groups excluding carboxylic acids is 1. The maximum Gasteiger partial charge on any atom is 0.268 e. The van der Waals surface area contributed by atoms with Gasteiger partial charge in [-0.15, -0.1) is 0 Å². The largest absolute Gasteiger partial charge is 0.496 e. The molecule has 2 heterocycles. The van der Waals surface area contributed by atoms with Crippen molar-refractivity contribution in [3.8, 4) is 17.2 Å². The number of amides is 1. The smallest absolute Gasteiger partial charge is 0.268 e. The van der Waals surface area contributed by atoms with Gasteiger partial charge in [0, 0.05) is 31.1 Å². The summed E-state index contributed by atoms with van der Waals surface area (Å²) < 4.78 is 43.4. The second-order valence-electron chi connectivity index (χ2n) is 8.08. The van der Waals surface area contributed by atoms with Crippen molar-refractivity contribution in [3.63, 3.8) is 0 Å². The van der Waals surface area contributed by atoms with Crippen LogP contribution < -0.4 is 19.5 Å². The molecule has 34 heavy (non-hydrogen) atoms. The maximum absolute atomic E-state index is 12.8. The highest BCUT2D eigenvalue weighted by Gasteiger charge is 2.25. The first-order chi connectivity index (χ1) is 16.4. The number of sulfonamides is 1. The summed E-state index contributed by atoms with van der Waals surface area (Å²) in [5.41, 5.74) is 1.72. The monoisotopic (exact) mass is 487 g/mol. The van der Waals surface area contributed by atoms with Crippen molar-refractivity contribution in [1.82, 2.24) is 14.6 Å². The van der Waals surface area contributed by atoms with E-state index in [0.717, 1.165) is 24.8 Å². The molecule has 0 spiro atoms. The minimum Gasteiger partial charge on any atom is -0.496 e. The van der Waals surface area contributed by atoms with Gasteiger partial charge in [0.25, 0.3) is 5.91 Å². The van der Waals surface area contributed by atoms with Crippen molar-refractivity contribution in [2.24, 2.45) is 0 Å². The average molecular weight is 488 g/mol. The minimum absolute atomic E-state index is 0.246. The molecule has 0 saturated carbocycles. The Labute approximate surface area is 199 Å². The van der Waals surface area contributed by atoms with Gasteiger partial charge in [-0.2, -0.15) is 4.31 Å². The topological polar surface area (TPSA) is 110 Å². The molecule has 1 aromatic heterocycles. The maximum atomic E-state index is 12.8. The highest BCUT2D eigenvalue weighted by atomic mass is 32.2. The number of nitrogens with one attached hydrogen (secondary N) is 2. The Balaban J connectivity index is 1.48. The van der Waals surface area contributed by atoms with Crippen molar-refractivity contribution in [3.05, 3.63) is 47.7 Å². The van der Waals surface area contributed by atoms with E-state index < -0.39 is 10.0 Å². The Hall–Kier alpha value is -3.24. The van der Waals surface area contributed by atoms with Gasteiger partial charge in [-0.05, 0) is 36.6 Å². The van der Waals surface area contributed by atoms with E-state index >= 15 is 0 Å². The van der Waals surface area contributed by atoms with E-state index in [2.05, 4.69) is 10.3 Å². The van der Waals surface area contributed by atoms with E-state index in [1.807, 2.05) is 0 Å². The first kappa shape index (κ1) is 23.9. The van der Waals surface area contributed by atoms with Crippen LogP contribution in [0.3, 0.4) is 0 Å². The van der Waals surface area contributed by atoms with Crippen LogP contribution in [-0.2, 0) is 16.6 Å². The van der Waals surface area contributed by atoms with E-state index in [0.29, 0.717) is 46.9 Å². The molecule has 2 N–H and O–H groups in total. The number of methoxy groups -OCH3 is 3. The van der Waals surface area contributed by atoms with Gasteiger partial charge < -0.3 is 24.5 Å². The van der Waals surface area contributed by atoms with Crippen LogP contribution >= 0.6 is 0 Å². The van der Waals surface area contributed by atoms with Crippen LogP contribution in [0.4, 0.5) is 0 Å². The fourth-order valence-electron chi connectivity index (χ4n) is 4.17. The molecule has 0 unspecified atom stereocenters. The van der Waals surface area contributed by atoms with Gasteiger partial charge in [-0.25, -0.2) is 8.42 Å². The van der Waals surface area contributed by atoms with E-state index in [4.69, 9.17) is 14.2 Å². The summed E-state index contributed by atoms with van der Waals surface area (Å²) in [6.07, 6.45) is 2.84. The second kappa shape index (κ2) is 9.94. The lowest BCUT2D eigenvalue weighted by Gasteiger charge is -2.25. The number of fused-ring (bicyclic) bond motifs is 1. The number of nitrogens with zero attached hydrogens (tertiary/aromatic N) is 1. The number of ether oxygens (including phenoxy) is 3. The number of hydrogen-bond donors (Lipinski definition) is 2. The number of hydrogen-bond acceptors (Lipinski definition) is 6. The number of H-pyrrole nitrogens is 1. The Kier molecular flexibility index (Phi) is 6.99. The molecule has 0 radical (unpaired) electrons. The van der Waals surface area contributed by atoms with Gasteiger partial charge in [0.05, 0.1) is 31.7 Å². The molecule has 1 aliphatic rings. The molecule has 1 amide bonds. The van der Waals surface area contributed by atoms with Gasteiger partial charge in [0.15, 0.2) is 11.5 Å². The van der Waals surface area contributed by atoms with Crippen molar-refractivity contribution in [1.29, 1.82) is 0 Å². The van der Waals surface area contributed by atoms with Crippen LogP contribution in [0.25, 0.3) is 10.9 Å². The number of aromatic nitrogens is 1. The van der Waals surface area contributed by atoms with Crippen LogP contribution in [0.2, 0.25) is 0 Å². The predicted octanol–water partition coefficient (Wildman–Crippen LogP) is 3.30. The Morgan fingerprint density at radius 3 is 2.26 bits per heavy atom. The SMILES string of the molecule is COc1cc(OC)c2cc(C(=O)NCc3ccc(S(=O)(=O)N4CCCCC4)cc3)[nH]c2c1OC. The zero-order valence-corrected chi connectivity index (χ0v) is 20.3. The van der Waals surface area contributed by atoms with Crippen molar-refractivity contribution in [2.75, 3.05) is 34.4 Å². The van der Waals surface area contributed by atoms with E-state index in [1.165, 1.54) is 14.2 Å². The zero-order valence-electron chi connectivity index (χ0n) is 19.5. The molecular weight excluding hydrogens is 458 g/mol. The molecule has 4 rings (SSSR count). The lowest BCUT2D eigenvalue weighted by molar-refractivity contribution is 0.0946. The Morgan fingerprint density at radius 2 is 1.65 bits per heavy atom. The molecule has 1 fully saturated rings. The lowest BCUT2D eigenvalue weighted by Crippen LogP contribution is -2.35. The lowest BCUT2D eigenvalue weighted by atomic mass is 10.2. The average Bonchev–Trinajstić information content (AvgIpc) is 3.32. The van der Waals surface area contributed by atoms with Crippen molar-refractivity contribution >= 4 is 26.8 Å². The van der Waals surface area contributed by atoms with Gasteiger partial charge >= 0.3 is 0 Å². The van der Waals surface area contributed by atoms with Crippen molar-refractivity contribution < 1.29 is 27.4 Å². The summed E-state index contributed by atoms with van der Waals surface area (Å²) in [5, 5.41) is 3.55. The van der Waals surface area contributed by atoms with Crippen LogP contribution in [0, 0.1) is 0 Å². The third-order valence-corrected chi connectivity index (χ3v) is 7.93.